The number of fused-ring (bicyclic) bond motifs is 2. The number of hydrogen-bond acceptors (Lipinski definition) is 6. The van der Waals surface area contributed by atoms with Crippen molar-refractivity contribution in [3.8, 4) is 0 Å². The van der Waals surface area contributed by atoms with Crippen LogP contribution in [0.15, 0.2) is 54.6 Å². The lowest BCUT2D eigenvalue weighted by Crippen LogP contribution is -2.44. The smallest absolute Gasteiger partial charge is 0.410 e. The van der Waals surface area contributed by atoms with Gasteiger partial charge in [-0.2, -0.15) is 0 Å². The maximum Gasteiger partial charge on any atom is 0.410 e. The fourth-order valence-corrected chi connectivity index (χ4v) is 5.61. The minimum absolute atomic E-state index is 0.180. The number of aliphatic hydroxyl groups is 1. The van der Waals surface area contributed by atoms with Gasteiger partial charge in [0.25, 0.3) is 5.91 Å². The number of ether oxygens (including phenoxy) is 1. The number of aromatic nitrogens is 3. The first-order chi connectivity index (χ1) is 19.9. The van der Waals surface area contributed by atoms with Gasteiger partial charge >= 0.3 is 6.09 Å². The number of imidazole rings is 1. The summed E-state index contributed by atoms with van der Waals surface area (Å²) in [7, 11) is 1.86. The van der Waals surface area contributed by atoms with Crippen LogP contribution in [-0.2, 0) is 16.6 Å². The van der Waals surface area contributed by atoms with Crippen LogP contribution < -0.4 is 5.32 Å². The summed E-state index contributed by atoms with van der Waals surface area (Å²) < 4.78 is 7.28. The SMILES string of the molecule is CC(C)OC(=O)N1CCC(=C2c3ccc(Cl)cc3C(C(NC(=O)C(C)(C)O)c3cncn3C)=Cc3cccnc32)CC1. The van der Waals surface area contributed by atoms with Crippen LogP contribution in [0.4, 0.5) is 4.79 Å². The topological polar surface area (TPSA) is 110 Å². The van der Waals surface area contributed by atoms with Crippen LogP contribution in [0.5, 0.6) is 0 Å². The number of piperidine rings is 1. The third-order valence-electron chi connectivity index (χ3n) is 7.56. The van der Waals surface area contributed by atoms with Crippen molar-refractivity contribution < 1.29 is 19.4 Å². The van der Waals surface area contributed by atoms with Crippen molar-refractivity contribution in [2.75, 3.05) is 13.1 Å². The minimum atomic E-state index is -1.60. The van der Waals surface area contributed by atoms with Gasteiger partial charge in [-0.25, -0.2) is 9.78 Å². The van der Waals surface area contributed by atoms with Crippen molar-refractivity contribution in [2.45, 2.75) is 58.3 Å². The van der Waals surface area contributed by atoms with Gasteiger partial charge in [0.2, 0.25) is 0 Å². The molecule has 2 aliphatic rings. The molecular weight excluding hydrogens is 554 g/mol. The molecule has 2 amide bonds. The van der Waals surface area contributed by atoms with Crippen LogP contribution in [-0.4, -0.2) is 61.3 Å². The van der Waals surface area contributed by atoms with E-state index in [0.717, 1.165) is 39.2 Å². The van der Waals surface area contributed by atoms with Gasteiger partial charge in [0.05, 0.1) is 36.1 Å². The molecule has 10 heteroatoms. The molecule has 3 aromatic rings. The largest absolute Gasteiger partial charge is 0.447 e. The number of carbonyl (C=O) groups is 2. The average Bonchev–Trinajstić information content (AvgIpc) is 3.30. The first kappa shape index (κ1) is 29.5. The second kappa shape index (κ2) is 11.7. The van der Waals surface area contributed by atoms with E-state index in [1.165, 1.54) is 19.4 Å². The number of nitrogens with zero attached hydrogens (tertiary/aromatic N) is 4. The third-order valence-corrected chi connectivity index (χ3v) is 7.79. The lowest BCUT2D eigenvalue weighted by atomic mass is 9.86. The fraction of sp³-hybridized carbons (Fsp3) is 0.375. The summed E-state index contributed by atoms with van der Waals surface area (Å²) in [6.07, 6.45) is 8.04. The second-order valence-corrected chi connectivity index (χ2v) is 12.0. The van der Waals surface area contributed by atoms with Crippen molar-refractivity contribution in [1.29, 1.82) is 0 Å². The maximum absolute atomic E-state index is 13.2. The van der Waals surface area contributed by atoms with E-state index in [1.807, 2.05) is 61.9 Å². The highest BCUT2D eigenvalue weighted by atomic mass is 35.5. The molecule has 5 rings (SSSR count). The molecule has 1 aliphatic carbocycles. The van der Waals surface area contributed by atoms with Gasteiger partial charge in [-0.1, -0.05) is 29.3 Å². The Morgan fingerprint density at radius 3 is 2.52 bits per heavy atom. The number of hydrogen-bond donors (Lipinski definition) is 2. The number of likely N-dealkylation sites (tertiary alicyclic amines) is 1. The van der Waals surface area contributed by atoms with Gasteiger partial charge in [0.15, 0.2) is 0 Å². The first-order valence-corrected chi connectivity index (χ1v) is 14.5. The summed E-state index contributed by atoms with van der Waals surface area (Å²) in [5.74, 6) is -0.520. The highest BCUT2D eigenvalue weighted by molar-refractivity contribution is 6.31. The minimum Gasteiger partial charge on any atom is -0.447 e. The van der Waals surface area contributed by atoms with Crippen LogP contribution in [0, 0.1) is 0 Å². The molecule has 3 heterocycles. The highest BCUT2D eigenvalue weighted by Crippen LogP contribution is 2.45. The predicted octanol–water partition coefficient (Wildman–Crippen LogP) is 5.39. The van der Waals surface area contributed by atoms with E-state index in [1.54, 1.807) is 23.6 Å². The number of aryl methyl sites for hydroxylation is 1. The van der Waals surface area contributed by atoms with E-state index >= 15 is 0 Å². The standard InChI is InChI=1S/C32H36ClN5O4/c1-19(2)42-31(40)38-13-10-20(11-14-38)27-23-9-8-22(33)16-24(23)25(15-21-7-6-12-35-28(21)27)29(26-17-34-18-37(26)5)36-30(39)32(3,4)41/h6-9,12,15-19,29,41H,10-11,13-14H2,1-5H3,(H,36,39). The Bertz CT molecular complexity index is 1570. The Labute approximate surface area is 250 Å². The van der Waals surface area contributed by atoms with Crippen LogP contribution in [0.25, 0.3) is 17.2 Å². The molecule has 1 atom stereocenters. The number of rotatable bonds is 5. The Hall–Kier alpha value is -3.95. The number of nitrogens with one attached hydrogen (secondary N) is 1. The summed E-state index contributed by atoms with van der Waals surface area (Å²) in [4.78, 5) is 36.7. The van der Waals surface area contributed by atoms with Crippen molar-refractivity contribution in [3.05, 3.63) is 87.7 Å². The molecule has 1 fully saturated rings. The van der Waals surface area contributed by atoms with Gasteiger partial charge in [-0.05, 0) is 81.5 Å². The molecule has 0 saturated carbocycles. The Kier molecular flexibility index (Phi) is 8.25. The molecule has 42 heavy (non-hydrogen) atoms. The Morgan fingerprint density at radius 1 is 1.14 bits per heavy atom. The first-order valence-electron chi connectivity index (χ1n) is 14.1. The molecule has 1 aliphatic heterocycles. The average molecular weight is 590 g/mol. The molecule has 9 nitrogen and oxygen atoms in total. The molecular formula is C32H36ClN5O4. The van der Waals surface area contributed by atoms with Gasteiger partial charge in [-0.15, -0.1) is 0 Å². The molecule has 2 N–H and O–H groups in total. The predicted molar refractivity (Wildman–Crippen MR) is 162 cm³/mol. The number of pyridine rings is 1. The zero-order chi connectivity index (χ0) is 30.2. The van der Waals surface area contributed by atoms with Gasteiger partial charge in [-0.3, -0.25) is 9.78 Å². The normalized spacial score (nSPS) is 15.9. The quantitative estimate of drug-likeness (QED) is 0.413. The molecule has 0 bridgehead atoms. The zero-order valence-electron chi connectivity index (χ0n) is 24.5. The Morgan fingerprint density at radius 2 is 1.88 bits per heavy atom. The summed E-state index contributed by atoms with van der Waals surface area (Å²) >= 11 is 6.61. The molecule has 220 valence electrons. The highest BCUT2D eigenvalue weighted by Gasteiger charge is 2.34. The maximum atomic E-state index is 13.2. The van der Waals surface area contributed by atoms with Gasteiger partial charge in [0.1, 0.15) is 5.60 Å². The van der Waals surface area contributed by atoms with E-state index in [4.69, 9.17) is 21.3 Å². The van der Waals surface area contributed by atoms with Gasteiger partial charge < -0.3 is 24.6 Å². The summed E-state index contributed by atoms with van der Waals surface area (Å²) in [6.45, 7) is 7.68. The van der Waals surface area contributed by atoms with Crippen molar-refractivity contribution >= 4 is 40.8 Å². The molecule has 0 spiro atoms. The summed E-state index contributed by atoms with van der Waals surface area (Å²) in [5.41, 5.74) is 5.58. The van der Waals surface area contributed by atoms with Crippen molar-refractivity contribution in [1.82, 2.24) is 24.8 Å². The lowest BCUT2D eigenvalue weighted by Gasteiger charge is -2.30. The van der Waals surface area contributed by atoms with Crippen LogP contribution in [0.3, 0.4) is 0 Å². The number of carbonyl (C=O) groups excluding carboxylic acids is 2. The molecule has 1 unspecified atom stereocenters. The van der Waals surface area contributed by atoms with Gasteiger partial charge in [0, 0.05) is 42.5 Å². The van der Waals surface area contributed by atoms with E-state index in [0.29, 0.717) is 31.0 Å². The van der Waals surface area contributed by atoms with Crippen molar-refractivity contribution in [2.24, 2.45) is 7.05 Å². The third kappa shape index (κ3) is 5.98. The summed E-state index contributed by atoms with van der Waals surface area (Å²) in [6, 6.07) is 8.99. The summed E-state index contributed by atoms with van der Waals surface area (Å²) in [5, 5.41) is 14.2. The van der Waals surface area contributed by atoms with Crippen molar-refractivity contribution in [3.63, 3.8) is 0 Å². The number of benzene rings is 1. The molecule has 1 aromatic carbocycles. The van der Waals surface area contributed by atoms with Crippen LogP contribution in [0.2, 0.25) is 5.02 Å². The molecule has 2 aromatic heterocycles. The van der Waals surface area contributed by atoms with E-state index < -0.39 is 17.6 Å². The van der Waals surface area contributed by atoms with Crippen LogP contribution >= 0.6 is 11.6 Å². The second-order valence-electron chi connectivity index (χ2n) is 11.5. The fourth-order valence-electron chi connectivity index (χ4n) is 5.44. The Balaban J connectivity index is 1.67. The van der Waals surface area contributed by atoms with E-state index in [9.17, 15) is 14.7 Å². The van der Waals surface area contributed by atoms with E-state index in [-0.39, 0.29) is 12.2 Å². The van der Waals surface area contributed by atoms with E-state index in [2.05, 4.69) is 10.3 Å². The number of amides is 2. The molecule has 1 saturated heterocycles. The molecule has 0 radical (unpaired) electrons. The number of halogens is 1. The monoisotopic (exact) mass is 589 g/mol. The lowest BCUT2D eigenvalue weighted by molar-refractivity contribution is -0.136. The zero-order valence-corrected chi connectivity index (χ0v) is 25.3. The van der Waals surface area contributed by atoms with Crippen LogP contribution in [0.1, 0.15) is 74.7 Å².